The van der Waals surface area contributed by atoms with E-state index in [1.165, 1.54) is 12.8 Å². The van der Waals surface area contributed by atoms with Gasteiger partial charge in [-0.05, 0) is 40.2 Å². The molecule has 0 aromatic rings. The van der Waals surface area contributed by atoms with Crippen molar-refractivity contribution >= 4 is 0 Å². The lowest BCUT2D eigenvalue weighted by molar-refractivity contribution is 0.171. The van der Waals surface area contributed by atoms with Crippen LogP contribution in [0.4, 0.5) is 0 Å². The molecule has 0 rings (SSSR count). The Kier molecular flexibility index (Phi) is 6.38. The highest BCUT2D eigenvalue weighted by molar-refractivity contribution is 4.83. The number of nitrogens with zero attached hydrogens (tertiary/aromatic N) is 1. The minimum atomic E-state index is -0.0197. The van der Waals surface area contributed by atoms with E-state index in [9.17, 15) is 0 Å². The largest absolute Gasteiger partial charge is 0.324 e. The van der Waals surface area contributed by atoms with Crippen LogP contribution in [0.25, 0.3) is 0 Å². The van der Waals surface area contributed by atoms with Gasteiger partial charge in [-0.3, -0.25) is 4.90 Å². The fourth-order valence-electron chi connectivity index (χ4n) is 1.92. The second-order valence-electron chi connectivity index (χ2n) is 4.97. The molecular weight excluding hydrogens is 172 g/mol. The van der Waals surface area contributed by atoms with Crippen LogP contribution in [0.3, 0.4) is 0 Å². The van der Waals surface area contributed by atoms with Gasteiger partial charge in [0.15, 0.2) is 0 Å². The standard InChI is InChI=1S/C12H28N2/c1-6-8-12(5,13)10-14(9-7-2)11(3)4/h11H,6-10,13H2,1-5H3. The van der Waals surface area contributed by atoms with Crippen LogP contribution in [-0.2, 0) is 0 Å². The third-order valence-electron chi connectivity index (χ3n) is 2.63. The molecule has 86 valence electrons. The van der Waals surface area contributed by atoms with Crippen molar-refractivity contribution in [3.8, 4) is 0 Å². The van der Waals surface area contributed by atoms with Crippen molar-refractivity contribution < 1.29 is 0 Å². The van der Waals surface area contributed by atoms with Gasteiger partial charge in [-0.2, -0.15) is 0 Å². The fourth-order valence-corrected chi connectivity index (χ4v) is 1.92. The average molecular weight is 200 g/mol. The SMILES string of the molecule is CCCN(CC(C)(N)CCC)C(C)C. The summed E-state index contributed by atoms with van der Waals surface area (Å²) in [6, 6.07) is 0.606. The minimum absolute atomic E-state index is 0.0197. The quantitative estimate of drug-likeness (QED) is 0.684. The van der Waals surface area contributed by atoms with Gasteiger partial charge < -0.3 is 5.73 Å². The average Bonchev–Trinajstić information content (AvgIpc) is 2.02. The molecule has 14 heavy (non-hydrogen) atoms. The smallest absolute Gasteiger partial charge is 0.0254 e. The van der Waals surface area contributed by atoms with Crippen molar-refractivity contribution in [1.82, 2.24) is 4.90 Å². The van der Waals surface area contributed by atoms with E-state index in [1.54, 1.807) is 0 Å². The predicted molar refractivity (Wildman–Crippen MR) is 64.5 cm³/mol. The Morgan fingerprint density at radius 1 is 1.21 bits per heavy atom. The number of rotatable bonds is 7. The molecule has 0 spiro atoms. The van der Waals surface area contributed by atoms with Crippen LogP contribution in [0.1, 0.15) is 53.9 Å². The first-order valence-corrected chi connectivity index (χ1v) is 5.96. The van der Waals surface area contributed by atoms with Crippen LogP contribution in [-0.4, -0.2) is 29.6 Å². The third-order valence-corrected chi connectivity index (χ3v) is 2.63. The molecule has 0 saturated heterocycles. The lowest BCUT2D eigenvalue weighted by Gasteiger charge is -2.34. The Hall–Kier alpha value is -0.0800. The van der Waals surface area contributed by atoms with Crippen molar-refractivity contribution in [2.45, 2.75) is 65.5 Å². The number of nitrogens with two attached hydrogens (primary N) is 1. The van der Waals surface area contributed by atoms with Gasteiger partial charge in [0.2, 0.25) is 0 Å². The monoisotopic (exact) mass is 200 g/mol. The molecule has 0 amide bonds. The van der Waals surface area contributed by atoms with Crippen molar-refractivity contribution in [3.63, 3.8) is 0 Å². The summed E-state index contributed by atoms with van der Waals surface area (Å²) < 4.78 is 0. The summed E-state index contributed by atoms with van der Waals surface area (Å²) in [6.45, 7) is 13.3. The molecule has 0 saturated carbocycles. The van der Waals surface area contributed by atoms with Crippen LogP contribution in [0, 0.1) is 0 Å². The van der Waals surface area contributed by atoms with E-state index in [-0.39, 0.29) is 5.54 Å². The first-order chi connectivity index (χ1) is 6.43. The first-order valence-electron chi connectivity index (χ1n) is 5.96. The van der Waals surface area contributed by atoms with Crippen molar-refractivity contribution in [1.29, 1.82) is 0 Å². The summed E-state index contributed by atoms with van der Waals surface area (Å²) in [5.41, 5.74) is 6.23. The van der Waals surface area contributed by atoms with Gasteiger partial charge in [0.05, 0.1) is 0 Å². The van der Waals surface area contributed by atoms with Crippen LogP contribution < -0.4 is 5.73 Å². The van der Waals surface area contributed by atoms with Crippen molar-refractivity contribution in [2.24, 2.45) is 5.73 Å². The maximum absolute atomic E-state index is 6.25. The molecule has 2 N–H and O–H groups in total. The molecule has 2 nitrogen and oxygen atoms in total. The van der Waals surface area contributed by atoms with Crippen LogP contribution >= 0.6 is 0 Å². The Morgan fingerprint density at radius 3 is 2.14 bits per heavy atom. The van der Waals surface area contributed by atoms with Gasteiger partial charge >= 0.3 is 0 Å². The van der Waals surface area contributed by atoms with E-state index in [0.717, 1.165) is 19.5 Å². The molecule has 0 aliphatic heterocycles. The van der Waals surface area contributed by atoms with E-state index >= 15 is 0 Å². The highest BCUT2D eigenvalue weighted by Crippen LogP contribution is 2.13. The lowest BCUT2D eigenvalue weighted by Crippen LogP contribution is -2.50. The first kappa shape index (κ1) is 13.9. The van der Waals surface area contributed by atoms with E-state index < -0.39 is 0 Å². The van der Waals surface area contributed by atoms with Crippen LogP contribution in [0.5, 0.6) is 0 Å². The summed E-state index contributed by atoms with van der Waals surface area (Å²) in [4.78, 5) is 2.48. The highest BCUT2D eigenvalue weighted by Gasteiger charge is 2.22. The third kappa shape index (κ3) is 5.61. The summed E-state index contributed by atoms with van der Waals surface area (Å²) in [5, 5.41) is 0. The Labute approximate surface area is 89.9 Å². The maximum Gasteiger partial charge on any atom is 0.0254 e. The number of hydrogen-bond donors (Lipinski definition) is 1. The molecule has 2 heteroatoms. The van der Waals surface area contributed by atoms with Gasteiger partial charge in [-0.1, -0.05) is 20.3 Å². The zero-order valence-electron chi connectivity index (χ0n) is 10.6. The topological polar surface area (TPSA) is 29.3 Å². The maximum atomic E-state index is 6.25. The zero-order valence-corrected chi connectivity index (χ0v) is 10.6. The number of hydrogen-bond acceptors (Lipinski definition) is 2. The lowest BCUT2D eigenvalue weighted by atomic mass is 9.96. The summed E-state index contributed by atoms with van der Waals surface area (Å²) >= 11 is 0. The normalized spacial score (nSPS) is 16.3. The summed E-state index contributed by atoms with van der Waals surface area (Å²) in [6.07, 6.45) is 3.49. The Bertz CT molecular complexity index is 141. The Balaban J connectivity index is 4.13. The molecule has 0 aromatic carbocycles. The molecule has 0 fully saturated rings. The molecule has 1 unspecified atom stereocenters. The fraction of sp³-hybridized carbons (Fsp3) is 1.00. The molecule has 0 aliphatic rings. The van der Waals surface area contributed by atoms with Crippen LogP contribution in [0.15, 0.2) is 0 Å². The molecule has 0 radical (unpaired) electrons. The van der Waals surface area contributed by atoms with Gasteiger partial charge in [0.25, 0.3) is 0 Å². The van der Waals surface area contributed by atoms with Crippen LogP contribution in [0.2, 0.25) is 0 Å². The molecule has 0 bridgehead atoms. The second-order valence-corrected chi connectivity index (χ2v) is 4.97. The predicted octanol–water partition coefficient (Wildman–Crippen LogP) is 2.62. The van der Waals surface area contributed by atoms with Gasteiger partial charge in [-0.15, -0.1) is 0 Å². The van der Waals surface area contributed by atoms with Gasteiger partial charge in [0, 0.05) is 18.1 Å². The second kappa shape index (κ2) is 6.41. The molecule has 0 aromatic heterocycles. The summed E-state index contributed by atoms with van der Waals surface area (Å²) in [7, 11) is 0. The van der Waals surface area contributed by atoms with E-state index in [0.29, 0.717) is 6.04 Å². The van der Waals surface area contributed by atoms with E-state index in [4.69, 9.17) is 5.73 Å². The molecule has 1 atom stereocenters. The zero-order chi connectivity index (χ0) is 11.2. The van der Waals surface area contributed by atoms with Gasteiger partial charge in [0.1, 0.15) is 0 Å². The van der Waals surface area contributed by atoms with Gasteiger partial charge in [-0.25, -0.2) is 0 Å². The minimum Gasteiger partial charge on any atom is -0.324 e. The van der Waals surface area contributed by atoms with Crippen molar-refractivity contribution in [2.75, 3.05) is 13.1 Å². The summed E-state index contributed by atoms with van der Waals surface area (Å²) in [5.74, 6) is 0. The van der Waals surface area contributed by atoms with E-state index in [2.05, 4.69) is 39.5 Å². The van der Waals surface area contributed by atoms with E-state index in [1.807, 2.05) is 0 Å². The highest BCUT2D eigenvalue weighted by atomic mass is 15.2. The molecular formula is C12H28N2. The molecule has 0 aliphatic carbocycles. The Morgan fingerprint density at radius 2 is 1.79 bits per heavy atom. The van der Waals surface area contributed by atoms with Crippen molar-refractivity contribution in [3.05, 3.63) is 0 Å². The molecule has 0 heterocycles.